The third kappa shape index (κ3) is 9.21. The lowest BCUT2D eigenvalue weighted by Gasteiger charge is -2.36. The van der Waals surface area contributed by atoms with Crippen LogP contribution >= 0.6 is 0 Å². The van der Waals surface area contributed by atoms with Crippen LogP contribution in [0.1, 0.15) is 53.4 Å². The molecule has 2 fully saturated rings. The van der Waals surface area contributed by atoms with E-state index in [1.807, 2.05) is 25.7 Å². The van der Waals surface area contributed by atoms with E-state index in [-0.39, 0.29) is 12.1 Å². The summed E-state index contributed by atoms with van der Waals surface area (Å²) in [7, 11) is 0. The standard InChI is InChI=1S/C21H41N5O3/c1-5-22-19(23-10-8-11-25-13-15-28-16-14-25)24-17-18-9-6-7-12-26(18)20(27)29-21(2,3)4/h18H,5-17H2,1-4H3,(H2,22,23,24). The van der Waals surface area contributed by atoms with Crippen molar-refractivity contribution in [3.8, 4) is 0 Å². The second-order valence-corrected chi connectivity index (χ2v) is 8.78. The van der Waals surface area contributed by atoms with Crippen LogP contribution in [0.15, 0.2) is 4.99 Å². The number of carbonyl (C=O) groups excluding carboxylic acids is 1. The van der Waals surface area contributed by atoms with E-state index in [9.17, 15) is 4.79 Å². The highest BCUT2D eigenvalue weighted by Gasteiger charge is 2.30. The van der Waals surface area contributed by atoms with Gasteiger partial charge in [-0.05, 0) is 59.9 Å². The van der Waals surface area contributed by atoms with Crippen molar-refractivity contribution in [2.24, 2.45) is 4.99 Å². The minimum absolute atomic E-state index is 0.0995. The maximum absolute atomic E-state index is 12.6. The van der Waals surface area contributed by atoms with E-state index in [4.69, 9.17) is 14.5 Å². The summed E-state index contributed by atoms with van der Waals surface area (Å²) in [4.78, 5) is 21.6. The second kappa shape index (κ2) is 12.2. The van der Waals surface area contributed by atoms with Crippen LogP contribution in [0.4, 0.5) is 4.79 Å². The van der Waals surface area contributed by atoms with Crippen LogP contribution in [0.25, 0.3) is 0 Å². The molecule has 0 saturated carbocycles. The Morgan fingerprint density at radius 1 is 1.17 bits per heavy atom. The van der Waals surface area contributed by atoms with Crippen molar-refractivity contribution in [3.63, 3.8) is 0 Å². The van der Waals surface area contributed by atoms with Gasteiger partial charge in [-0.2, -0.15) is 0 Å². The van der Waals surface area contributed by atoms with Crippen LogP contribution in [0.2, 0.25) is 0 Å². The number of rotatable bonds is 7. The number of hydrogen-bond donors (Lipinski definition) is 2. The molecule has 2 aliphatic heterocycles. The average molecular weight is 412 g/mol. The van der Waals surface area contributed by atoms with E-state index < -0.39 is 5.60 Å². The molecular weight excluding hydrogens is 370 g/mol. The Morgan fingerprint density at radius 2 is 1.93 bits per heavy atom. The fourth-order valence-corrected chi connectivity index (χ4v) is 3.62. The van der Waals surface area contributed by atoms with Gasteiger partial charge in [0.15, 0.2) is 5.96 Å². The summed E-state index contributed by atoms with van der Waals surface area (Å²) in [6.45, 7) is 15.6. The monoisotopic (exact) mass is 411 g/mol. The quantitative estimate of drug-likeness (QED) is 0.379. The van der Waals surface area contributed by atoms with Gasteiger partial charge in [0.05, 0.1) is 25.8 Å². The maximum Gasteiger partial charge on any atom is 0.410 e. The Hall–Kier alpha value is -1.54. The third-order valence-electron chi connectivity index (χ3n) is 5.11. The van der Waals surface area contributed by atoms with E-state index in [2.05, 4.69) is 22.5 Å². The predicted molar refractivity (Wildman–Crippen MR) is 116 cm³/mol. The van der Waals surface area contributed by atoms with Crippen molar-refractivity contribution in [1.29, 1.82) is 0 Å². The fraction of sp³-hybridized carbons (Fsp3) is 0.905. The zero-order valence-corrected chi connectivity index (χ0v) is 18.8. The van der Waals surface area contributed by atoms with Gasteiger partial charge in [0.25, 0.3) is 0 Å². The van der Waals surface area contributed by atoms with Crippen LogP contribution in [0, 0.1) is 0 Å². The van der Waals surface area contributed by atoms with Crippen molar-refractivity contribution in [1.82, 2.24) is 20.4 Å². The molecule has 1 unspecified atom stereocenters. The minimum atomic E-state index is -0.473. The number of ether oxygens (including phenoxy) is 2. The molecule has 0 aromatic carbocycles. The minimum Gasteiger partial charge on any atom is -0.444 e. The summed E-state index contributed by atoms with van der Waals surface area (Å²) in [5.41, 5.74) is -0.473. The van der Waals surface area contributed by atoms with Gasteiger partial charge >= 0.3 is 6.09 Å². The van der Waals surface area contributed by atoms with Gasteiger partial charge in [-0.25, -0.2) is 4.79 Å². The molecule has 0 bridgehead atoms. The molecule has 2 aliphatic rings. The maximum atomic E-state index is 12.6. The van der Waals surface area contributed by atoms with Crippen LogP contribution in [-0.2, 0) is 9.47 Å². The summed E-state index contributed by atoms with van der Waals surface area (Å²) in [5.74, 6) is 0.823. The fourth-order valence-electron chi connectivity index (χ4n) is 3.62. The lowest BCUT2D eigenvalue weighted by Crippen LogP contribution is -2.48. The Kier molecular flexibility index (Phi) is 10.0. The second-order valence-electron chi connectivity index (χ2n) is 8.78. The van der Waals surface area contributed by atoms with Crippen molar-refractivity contribution >= 4 is 12.1 Å². The third-order valence-corrected chi connectivity index (χ3v) is 5.11. The Morgan fingerprint density at radius 3 is 2.62 bits per heavy atom. The summed E-state index contributed by atoms with van der Waals surface area (Å²) in [5, 5.41) is 6.74. The average Bonchev–Trinajstić information content (AvgIpc) is 2.69. The van der Waals surface area contributed by atoms with Crippen LogP contribution < -0.4 is 10.6 Å². The molecular formula is C21H41N5O3. The SMILES string of the molecule is CCNC(=NCC1CCCCN1C(=O)OC(C)(C)C)NCCCN1CCOCC1. The van der Waals surface area contributed by atoms with Crippen LogP contribution in [0.3, 0.4) is 0 Å². The number of piperidine rings is 1. The summed E-state index contributed by atoms with van der Waals surface area (Å²) < 4.78 is 11.0. The Labute approximate surface area is 176 Å². The van der Waals surface area contributed by atoms with Gasteiger partial charge in [-0.15, -0.1) is 0 Å². The molecule has 0 spiro atoms. The molecule has 8 nitrogen and oxygen atoms in total. The van der Waals surface area contributed by atoms with Crippen molar-refractivity contribution in [2.45, 2.75) is 65.0 Å². The van der Waals surface area contributed by atoms with Crippen molar-refractivity contribution in [3.05, 3.63) is 0 Å². The zero-order valence-electron chi connectivity index (χ0n) is 18.8. The summed E-state index contributed by atoms with van der Waals surface area (Å²) in [6, 6.07) is 0.0995. The van der Waals surface area contributed by atoms with Gasteiger partial charge in [0.2, 0.25) is 0 Å². The van der Waals surface area contributed by atoms with Gasteiger partial charge < -0.3 is 25.0 Å². The molecule has 1 atom stereocenters. The van der Waals surface area contributed by atoms with Gasteiger partial charge in [-0.1, -0.05) is 0 Å². The van der Waals surface area contributed by atoms with E-state index in [1.165, 1.54) is 0 Å². The zero-order chi connectivity index (χ0) is 21.1. The first-order valence-electron chi connectivity index (χ1n) is 11.2. The number of hydrogen-bond acceptors (Lipinski definition) is 5. The highest BCUT2D eigenvalue weighted by Crippen LogP contribution is 2.20. The topological polar surface area (TPSA) is 78.4 Å². The molecule has 168 valence electrons. The molecule has 0 aromatic rings. The highest BCUT2D eigenvalue weighted by atomic mass is 16.6. The lowest BCUT2D eigenvalue weighted by molar-refractivity contribution is 0.0109. The molecule has 2 heterocycles. The van der Waals surface area contributed by atoms with Gasteiger partial charge in [0, 0.05) is 32.7 Å². The number of guanidine groups is 1. The molecule has 0 aromatic heterocycles. The van der Waals surface area contributed by atoms with E-state index in [0.717, 1.165) is 84.1 Å². The normalized spacial score (nSPS) is 21.7. The summed E-state index contributed by atoms with van der Waals surface area (Å²) in [6.07, 6.45) is 3.97. The highest BCUT2D eigenvalue weighted by molar-refractivity contribution is 5.79. The molecule has 29 heavy (non-hydrogen) atoms. The molecule has 8 heteroatoms. The lowest BCUT2D eigenvalue weighted by atomic mass is 10.0. The smallest absolute Gasteiger partial charge is 0.410 e. The Balaban J connectivity index is 1.81. The first kappa shape index (κ1) is 23.7. The molecule has 2 saturated heterocycles. The molecule has 0 radical (unpaired) electrons. The van der Waals surface area contributed by atoms with Crippen LogP contribution in [-0.4, -0.2) is 92.5 Å². The first-order valence-corrected chi connectivity index (χ1v) is 11.2. The number of carbonyl (C=O) groups is 1. The van der Waals surface area contributed by atoms with Crippen LogP contribution in [0.5, 0.6) is 0 Å². The number of nitrogens with zero attached hydrogens (tertiary/aromatic N) is 3. The van der Waals surface area contributed by atoms with E-state index in [1.54, 1.807) is 0 Å². The largest absolute Gasteiger partial charge is 0.444 e. The summed E-state index contributed by atoms with van der Waals surface area (Å²) >= 11 is 0. The number of aliphatic imine (C=N–C) groups is 1. The van der Waals surface area contributed by atoms with E-state index >= 15 is 0 Å². The number of amides is 1. The molecule has 1 amide bonds. The number of nitrogens with one attached hydrogen (secondary N) is 2. The first-order chi connectivity index (χ1) is 13.9. The predicted octanol–water partition coefficient (Wildman–Crippen LogP) is 2.05. The number of morpholine rings is 1. The van der Waals surface area contributed by atoms with Crippen molar-refractivity contribution in [2.75, 3.05) is 59.0 Å². The molecule has 2 rings (SSSR count). The van der Waals surface area contributed by atoms with Gasteiger partial charge in [0.1, 0.15) is 5.60 Å². The van der Waals surface area contributed by atoms with E-state index in [0.29, 0.717) is 6.54 Å². The number of likely N-dealkylation sites (tertiary alicyclic amines) is 1. The van der Waals surface area contributed by atoms with Crippen molar-refractivity contribution < 1.29 is 14.3 Å². The van der Waals surface area contributed by atoms with Gasteiger partial charge in [-0.3, -0.25) is 9.89 Å². The Bertz CT molecular complexity index is 515. The molecule has 2 N–H and O–H groups in total. The molecule has 0 aliphatic carbocycles.